The predicted octanol–water partition coefficient (Wildman–Crippen LogP) is 3.47. The van der Waals surface area contributed by atoms with E-state index < -0.39 is 20.8 Å². The van der Waals surface area contributed by atoms with Crippen molar-refractivity contribution in [1.29, 1.82) is 0 Å². The minimum Gasteiger partial charge on any atom is -0.481 e. The maximum absolute atomic E-state index is 12.5. The quantitative estimate of drug-likeness (QED) is 0.304. The van der Waals surface area contributed by atoms with Gasteiger partial charge in [-0.2, -0.15) is 0 Å². The van der Waals surface area contributed by atoms with Gasteiger partial charge in [0.2, 0.25) is 5.91 Å². The van der Waals surface area contributed by atoms with Gasteiger partial charge >= 0.3 is 11.9 Å². The minimum atomic E-state index is -1.42. The fourth-order valence-electron chi connectivity index (χ4n) is 7.62. The van der Waals surface area contributed by atoms with Gasteiger partial charge in [-0.3, -0.25) is 14.4 Å². The normalized spacial score (nSPS) is 52.8. The number of hydrogen-bond acceptors (Lipinski definition) is 3. The number of piperidine rings is 1. The maximum atomic E-state index is 12.5. The molecule has 6 nitrogen and oxygen atoms in total. The molecular formula is C21H30INO5. The van der Waals surface area contributed by atoms with E-state index in [4.69, 9.17) is 0 Å². The summed E-state index contributed by atoms with van der Waals surface area (Å²) in [5, 5.41) is 22.8. The highest BCUT2D eigenvalue weighted by atomic mass is 127. The fraction of sp³-hybridized carbons (Fsp3) is 0.857. The molecular weight excluding hydrogens is 473 g/mol. The van der Waals surface area contributed by atoms with Gasteiger partial charge < -0.3 is 15.5 Å². The molecule has 1 amide bonds. The van der Waals surface area contributed by atoms with Crippen LogP contribution in [0.5, 0.6) is 0 Å². The molecule has 0 aromatic carbocycles. The average molecular weight is 503 g/mol. The smallest absolute Gasteiger partial charge is 0.329 e. The fourth-order valence-corrected chi connectivity index (χ4v) is 8.59. The summed E-state index contributed by atoms with van der Waals surface area (Å²) in [7, 11) is 0. The van der Waals surface area contributed by atoms with Crippen LogP contribution in [0.3, 0.4) is 0 Å². The molecule has 3 aliphatic carbocycles. The number of halogens is 1. The average Bonchev–Trinajstić information content (AvgIpc) is 2.89. The number of aliphatic carboxylic acids is 2. The molecule has 1 saturated heterocycles. The van der Waals surface area contributed by atoms with Gasteiger partial charge in [-0.25, -0.2) is 0 Å². The first-order chi connectivity index (χ1) is 12.9. The number of carboxylic acid groups (broad SMARTS) is 2. The van der Waals surface area contributed by atoms with Gasteiger partial charge in [-0.15, -0.1) is 0 Å². The summed E-state index contributed by atoms with van der Waals surface area (Å²) in [6, 6.07) is 0.0140. The zero-order chi connectivity index (χ0) is 20.7. The van der Waals surface area contributed by atoms with Crippen molar-refractivity contribution in [2.75, 3.05) is 0 Å². The zero-order valence-electron chi connectivity index (χ0n) is 16.8. The van der Waals surface area contributed by atoms with Gasteiger partial charge in [0.25, 0.3) is 0 Å². The molecule has 8 atom stereocenters. The summed E-state index contributed by atoms with van der Waals surface area (Å²) in [6.45, 7) is 6.26. The Kier molecular flexibility index (Phi) is 4.43. The topological polar surface area (TPSA) is 104 Å². The Bertz CT molecular complexity index is 757. The maximum Gasteiger partial charge on any atom is 0.329 e. The third kappa shape index (κ3) is 2.34. The first kappa shape index (κ1) is 20.4. The van der Waals surface area contributed by atoms with E-state index in [2.05, 4.69) is 19.2 Å². The highest BCUT2D eigenvalue weighted by Gasteiger charge is 2.68. The Labute approximate surface area is 179 Å². The van der Waals surface area contributed by atoms with Gasteiger partial charge in [0.15, 0.2) is 3.42 Å². The molecule has 4 aliphatic rings. The molecule has 4 rings (SSSR count). The number of alkyl halides is 1. The first-order valence-corrected chi connectivity index (χ1v) is 11.4. The van der Waals surface area contributed by atoms with Gasteiger partial charge in [0.1, 0.15) is 0 Å². The van der Waals surface area contributed by atoms with E-state index in [-0.39, 0.29) is 22.8 Å². The summed E-state index contributed by atoms with van der Waals surface area (Å²) in [4.78, 5) is 36.6. The molecule has 4 fully saturated rings. The molecule has 1 heterocycles. The highest BCUT2D eigenvalue weighted by molar-refractivity contribution is 14.1. The molecule has 3 saturated carbocycles. The van der Waals surface area contributed by atoms with Crippen LogP contribution in [0.15, 0.2) is 0 Å². The standard InChI is InChI=1S/C21H30INO5/c1-18-10-21(22,17(27)28)15(24)23-14(18)5-4-11-12(18)6-8-19(2)13(11)7-9-20(19,3)16(25)26/h11-14H,4-10H2,1-3H3,(H,23,24)(H,25,26)(H,27,28)/t11-,12-,13+,14?,18-,19+,20?,21?/m1/s1. The summed E-state index contributed by atoms with van der Waals surface area (Å²) in [5.41, 5.74) is -1.16. The van der Waals surface area contributed by atoms with E-state index in [0.29, 0.717) is 24.2 Å². The Morgan fingerprint density at radius 3 is 2.25 bits per heavy atom. The first-order valence-electron chi connectivity index (χ1n) is 10.4. The number of carbonyl (C=O) groups excluding carboxylic acids is 1. The van der Waals surface area contributed by atoms with Crippen molar-refractivity contribution < 1.29 is 24.6 Å². The predicted molar refractivity (Wildman–Crippen MR) is 111 cm³/mol. The van der Waals surface area contributed by atoms with Gasteiger partial charge in [-0.05, 0) is 80.5 Å². The van der Waals surface area contributed by atoms with Crippen molar-refractivity contribution in [3.8, 4) is 0 Å². The van der Waals surface area contributed by atoms with Crippen LogP contribution in [0.2, 0.25) is 0 Å². The van der Waals surface area contributed by atoms with Crippen LogP contribution in [0.1, 0.15) is 65.7 Å². The second-order valence-corrected chi connectivity index (χ2v) is 12.2. The molecule has 0 spiro atoms. The third-order valence-electron chi connectivity index (χ3n) is 9.58. The van der Waals surface area contributed by atoms with Crippen molar-refractivity contribution in [1.82, 2.24) is 5.32 Å². The van der Waals surface area contributed by atoms with Crippen LogP contribution in [0, 0.1) is 34.0 Å². The Balaban J connectivity index is 1.69. The number of rotatable bonds is 2. The lowest BCUT2D eigenvalue weighted by Gasteiger charge is -2.62. The van der Waals surface area contributed by atoms with E-state index in [1.165, 1.54) is 0 Å². The van der Waals surface area contributed by atoms with Crippen molar-refractivity contribution in [2.45, 2.75) is 75.2 Å². The highest BCUT2D eigenvalue weighted by Crippen LogP contribution is 2.69. The molecule has 0 bridgehead atoms. The Hall–Kier alpha value is -0.860. The largest absolute Gasteiger partial charge is 0.481 e. The van der Waals surface area contributed by atoms with E-state index >= 15 is 0 Å². The van der Waals surface area contributed by atoms with Crippen LogP contribution in [0.4, 0.5) is 0 Å². The zero-order valence-corrected chi connectivity index (χ0v) is 18.9. The molecule has 1 aliphatic heterocycles. The molecule has 0 aromatic rings. The van der Waals surface area contributed by atoms with Crippen LogP contribution >= 0.6 is 22.6 Å². The second-order valence-electron chi connectivity index (χ2n) is 10.4. The number of carboxylic acids is 2. The summed E-state index contributed by atoms with van der Waals surface area (Å²) in [6.07, 6.45) is 5.62. The van der Waals surface area contributed by atoms with E-state index in [9.17, 15) is 24.6 Å². The SMILES string of the molecule is CC1(C(=O)O)CC[C@H]2[C@@H]3CCC4NC(=O)C(I)(C(=O)O)C[C@]4(C)[C@@H]3CC[C@@]21C. The van der Waals surface area contributed by atoms with Gasteiger partial charge in [0.05, 0.1) is 5.41 Å². The summed E-state index contributed by atoms with van der Waals surface area (Å²) >= 11 is 1.83. The van der Waals surface area contributed by atoms with Crippen molar-refractivity contribution in [2.24, 2.45) is 34.0 Å². The number of fused-ring (bicyclic) bond motifs is 5. The number of carbonyl (C=O) groups is 3. The van der Waals surface area contributed by atoms with E-state index in [0.717, 1.165) is 38.5 Å². The summed E-state index contributed by atoms with van der Waals surface area (Å²) < 4.78 is -1.42. The van der Waals surface area contributed by atoms with E-state index in [1.54, 1.807) is 0 Å². The molecule has 0 radical (unpaired) electrons. The monoisotopic (exact) mass is 503 g/mol. The Morgan fingerprint density at radius 2 is 1.64 bits per heavy atom. The summed E-state index contributed by atoms with van der Waals surface area (Å²) in [5.74, 6) is -1.02. The lowest BCUT2D eigenvalue weighted by molar-refractivity contribution is -0.167. The van der Waals surface area contributed by atoms with Gasteiger partial charge in [0, 0.05) is 6.04 Å². The molecule has 3 N–H and O–H groups in total. The number of nitrogens with one attached hydrogen (secondary N) is 1. The number of amides is 1. The van der Waals surface area contributed by atoms with E-state index in [1.807, 2.05) is 29.5 Å². The molecule has 7 heteroatoms. The number of hydrogen-bond donors (Lipinski definition) is 3. The van der Waals surface area contributed by atoms with Crippen LogP contribution < -0.4 is 5.32 Å². The van der Waals surface area contributed by atoms with Crippen molar-refractivity contribution in [3.05, 3.63) is 0 Å². The van der Waals surface area contributed by atoms with Crippen LogP contribution in [-0.4, -0.2) is 37.5 Å². The third-order valence-corrected chi connectivity index (χ3v) is 10.9. The van der Waals surface area contributed by atoms with Gasteiger partial charge in [-0.1, -0.05) is 36.4 Å². The second kappa shape index (κ2) is 6.08. The molecule has 28 heavy (non-hydrogen) atoms. The van der Waals surface area contributed by atoms with Crippen molar-refractivity contribution >= 4 is 40.4 Å². The van der Waals surface area contributed by atoms with Crippen LogP contribution in [0.25, 0.3) is 0 Å². The minimum absolute atomic E-state index is 0.0140. The Morgan fingerprint density at radius 1 is 1.00 bits per heavy atom. The molecule has 156 valence electrons. The lowest BCUT2D eigenvalue weighted by atomic mass is 9.45. The molecule has 0 aromatic heterocycles. The lowest BCUT2D eigenvalue weighted by Crippen LogP contribution is -2.68. The van der Waals surface area contributed by atoms with Crippen molar-refractivity contribution in [3.63, 3.8) is 0 Å². The van der Waals surface area contributed by atoms with Crippen LogP contribution in [-0.2, 0) is 14.4 Å². The molecule has 3 unspecified atom stereocenters.